The Labute approximate surface area is 122 Å². The third-order valence-corrected chi connectivity index (χ3v) is 3.75. The standard InChI is InChI=1S/C12H15N3O2S.ClH/c1-7(5-13)12(17)14-8-2-3-10-9(4-8)15-11(16)6-18-10;/h2-4,7H,5-6,13H2,1H3,(H,14,17)(H,15,16);1H. The fraction of sp³-hybridized carbons (Fsp3) is 0.333. The second-order valence-corrected chi connectivity index (χ2v) is 5.19. The fourth-order valence-corrected chi connectivity index (χ4v) is 2.32. The largest absolute Gasteiger partial charge is 0.330 e. The van der Waals surface area contributed by atoms with Crippen LogP contribution in [0.1, 0.15) is 6.92 Å². The van der Waals surface area contributed by atoms with E-state index >= 15 is 0 Å². The van der Waals surface area contributed by atoms with E-state index in [9.17, 15) is 9.59 Å². The minimum Gasteiger partial charge on any atom is -0.330 e. The lowest BCUT2D eigenvalue weighted by molar-refractivity contribution is -0.119. The molecule has 0 radical (unpaired) electrons. The van der Waals surface area contributed by atoms with E-state index in [4.69, 9.17) is 5.73 Å². The molecular weight excluding hydrogens is 286 g/mol. The summed E-state index contributed by atoms with van der Waals surface area (Å²) in [7, 11) is 0. The first kappa shape index (κ1) is 15.8. The highest BCUT2D eigenvalue weighted by Gasteiger charge is 2.16. The number of benzene rings is 1. The maximum Gasteiger partial charge on any atom is 0.234 e. The van der Waals surface area contributed by atoms with E-state index < -0.39 is 0 Å². The zero-order valence-electron chi connectivity index (χ0n) is 10.4. The molecule has 0 aliphatic carbocycles. The first-order valence-corrected chi connectivity index (χ1v) is 6.66. The van der Waals surface area contributed by atoms with E-state index in [1.165, 1.54) is 11.8 Å². The number of carbonyl (C=O) groups is 2. The van der Waals surface area contributed by atoms with Crippen molar-refractivity contribution < 1.29 is 9.59 Å². The molecule has 1 aromatic rings. The first-order chi connectivity index (χ1) is 8.60. The van der Waals surface area contributed by atoms with Crippen LogP contribution < -0.4 is 16.4 Å². The summed E-state index contributed by atoms with van der Waals surface area (Å²) in [6.07, 6.45) is 0. The van der Waals surface area contributed by atoms with Gasteiger partial charge in [0.1, 0.15) is 0 Å². The van der Waals surface area contributed by atoms with Crippen molar-refractivity contribution in [2.24, 2.45) is 11.7 Å². The summed E-state index contributed by atoms with van der Waals surface area (Å²) in [4.78, 5) is 24.0. The van der Waals surface area contributed by atoms with Crippen LogP contribution in [0, 0.1) is 5.92 Å². The summed E-state index contributed by atoms with van der Waals surface area (Å²) in [5.74, 6) is 0.0617. The maximum absolute atomic E-state index is 11.7. The number of nitrogens with one attached hydrogen (secondary N) is 2. The molecule has 104 valence electrons. The minimum absolute atomic E-state index is 0. The van der Waals surface area contributed by atoms with Gasteiger partial charge in [0.05, 0.1) is 11.4 Å². The van der Waals surface area contributed by atoms with Gasteiger partial charge in [0.2, 0.25) is 11.8 Å². The van der Waals surface area contributed by atoms with Gasteiger partial charge in [-0.05, 0) is 18.2 Å². The molecule has 19 heavy (non-hydrogen) atoms. The van der Waals surface area contributed by atoms with Crippen LogP contribution in [0.2, 0.25) is 0 Å². The average Bonchev–Trinajstić information content (AvgIpc) is 2.37. The number of amides is 2. The topological polar surface area (TPSA) is 84.2 Å². The SMILES string of the molecule is CC(CN)C(=O)Nc1ccc2c(c1)NC(=O)CS2.Cl. The number of anilines is 2. The number of halogens is 1. The van der Waals surface area contributed by atoms with Crippen molar-refractivity contribution in [1.29, 1.82) is 0 Å². The molecule has 4 N–H and O–H groups in total. The van der Waals surface area contributed by atoms with Gasteiger partial charge in [-0.3, -0.25) is 9.59 Å². The third kappa shape index (κ3) is 3.86. The number of fused-ring (bicyclic) bond motifs is 1. The van der Waals surface area contributed by atoms with E-state index in [1.807, 2.05) is 12.1 Å². The Balaban J connectivity index is 0.00000180. The fourth-order valence-electron chi connectivity index (χ4n) is 1.53. The highest BCUT2D eigenvalue weighted by molar-refractivity contribution is 8.00. The van der Waals surface area contributed by atoms with Crippen molar-refractivity contribution in [2.45, 2.75) is 11.8 Å². The van der Waals surface area contributed by atoms with Crippen LogP contribution in [0.25, 0.3) is 0 Å². The number of thioether (sulfide) groups is 1. The highest BCUT2D eigenvalue weighted by atomic mass is 35.5. The van der Waals surface area contributed by atoms with Gasteiger partial charge in [-0.2, -0.15) is 0 Å². The summed E-state index contributed by atoms with van der Waals surface area (Å²) >= 11 is 1.49. The Morgan fingerprint density at radius 3 is 3.00 bits per heavy atom. The number of hydrogen-bond acceptors (Lipinski definition) is 4. The molecule has 1 atom stereocenters. The van der Waals surface area contributed by atoms with Crippen LogP contribution in [-0.2, 0) is 9.59 Å². The van der Waals surface area contributed by atoms with Gasteiger partial charge in [-0.25, -0.2) is 0 Å². The molecule has 0 aromatic heterocycles. The van der Waals surface area contributed by atoms with Gasteiger partial charge in [-0.15, -0.1) is 24.2 Å². The number of carbonyl (C=O) groups excluding carboxylic acids is 2. The molecule has 0 bridgehead atoms. The van der Waals surface area contributed by atoms with E-state index in [-0.39, 0.29) is 30.1 Å². The summed E-state index contributed by atoms with van der Waals surface area (Å²) in [6.45, 7) is 2.08. The normalized spacial score (nSPS) is 14.7. The predicted molar refractivity (Wildman–Crippen MR) is 79.9 cm³/mol. The van der Waals surface area contributed by atoms with Crippen molar-refractivity contribution in [1.82, 2.24) is 0 Å². The van der Waals surface area contributed by atoms with Crippen molar-refractivity contribution in [2.75, 3.05) is 22.9 Å². The molecule has 0 spiro atoms. The summed E-state index contributed by atoms with van der Waals surface area (Å²) in [5, 5.41) is 5.56. The van der Waals surface area contributed by atoms with Crippen molar-refractivity contribution in [3.63, 3.8) is 0 Å². The molecule has 2 amide bonds. The Morgan fingerprint density at radius 1 is 1.58 bits per heavy atom. The predicted octanol–water partition coefficient (Wildman–Crippen LogP) is 1.69. The van der Waals surface area contributed by atoms with Gasteiger partial charge < -0.3 is 16.4 Å². The van der Waals surface area contributed by atoms with E-state index in [0.29, 0.717) is 18.0 Å². The first-order valence-electron chi connectivity index (χ1n) is 5.68. The van der Waals surface area contributed by atoms with Crippen LogP contribution in [0.4, 0.5) is 11.4 Å². The third-order valence-electron chi connectivity index (χ3n) is 2.68. The molecule has 0 fully saturated rings. The monoisotopic (exact) mass is 301 g/mol. The lowest BCUT2D eigenvalue weighted by Crippen LogP contribution is -2.26. The zero-order chi connectivity index (χ0) is 13.1. The lowest BCUT2D eigenvalue weighted by atomic mass is 10.1. The molecule has 2 rings (SSSR count). The number of nitrogens with two attached hydrogens (primary N) is 1. The summed E-state index contributed by atoms with van der Waals surface area (Å²) in [6, 6.07) is 5.48. The molecule has 1 aromatic carbocycles. The summed E-state index contributed by atoms with van der Waals surface area (Å²) in [5.41, 5.74) is 6.85. The maximum atomic E-state index is 11.7. The van der Waals surface area contributed by atoms with E-state index in [2.05, 4.69) is 10.6 Å². The van der Waals surface area contributed by atoms with E-state index in [0.717, 1.165) is 10.6 Å². The van der Waals surface area contributed by atoms with Crippen LogP contribution in [0.15, 0.2) is 23.1 Å². The molecule has 7 heteroatoms. The lowest BCUT2D eigenvalue weighted by Gasteiger charge is -2.17. The van der Waals surface area contributed by atoms with Crippen LogP contribution in [0.5, 0.6) is 0 Å². The molecule has 1 aliphatic heterocycles. The van der Waals surface area contributed by atoms with Gasteiger partial charge in [0.15, 0.2) is 0 Å². The number of rotatable bonds is 3. The number of hydrogen-bond donors (Lipinski definition) is 3. The van der Waals surface area contributed by atoms with Crippen molar-refractivity contribution in [3.8, 4) is 0 Å². The van der Waals surface area contributed by atoms with Crippen LogP contribution in [-0.4, -0.2) is 24.1 Å². The van der Waals surface area contributed by atoms with Gasteiger partial charge in [-0.1, -0.05) is 6.92 Å². The van der Waals surface area contributed by atoms with Crippen LogP contribution in [0.3, 0.4) is 0 Å². The molecular formula is C12H16ClN3O2S. The Kier molecular flexibility index (Phi) is 5.65. The minimum atomic E-state index is -0.231. The second kappa shape index (κ2) is 6.79. The van der Waals surface area contributed by atoms with Gasteiger partial charge in [0.25, 0.3) is 0 Å². The Bertz CT molecular complexity index is 496. The Morgan fingerprint density at radius 2 is 2.32 bits per heavy atom. The van der Waals surface area contributed by atoms with Gasteiger partial charge >= 0.3 is 0 Å². The van der Waals surface area contributed by atoms with Crippen molar-refractivity contribution in [3.05, 3.63) is 18.2 Å². The zero-order valence-corrected chi connectivity index (χ0v) is 12.1. The smallest absolute Gasteiger partial charge is 0.234 e. The average molecular weight is 302 g/mol. The summed E-state index contributed by atoms with van der Waals surface area (Å²) < 4.78 is 0. The van der Waals surface area contributed by atoms with Crippen molar-refractivity contribution >= 4 is 47.4 Å². The molecule has 1 heterocycles. The second-order valence-electron chi connectivity index (χ2n) is 4.17. The quantitative estimate of drug-likeness (QED) is 0.793. The molecule has 0 saturated heterocycles. The molecule has 5 nitrogen and oxygen atoms in total. The molecule has 1 aliphatic rings. The van der Waals surface area contributed by atoms with E-state index in [1.54, 1.807) is 13.0 Å². The Hall–Kier alpha value is -1.24. The van der Waals surface area contributed by atoms with Gasteiger partial charge in [0, 0.05) is 23.0 Å². The van der Waals surface area contributed by atoms with Crippen LogP contribution >= 0.6 is 24.2 Å². The molecule has 0 saturated carbocycles. The highest BCUT2D eigenvalue weighted by Crippen LogP contribution is 2.33. The molecule has 1 unspecified atom stereocenters.